The van der Waals surface area contributed by atoms with Crippen molar-refractivity contribution in [3.05, 3.63) is 76.0 Å². The molecule has 208 valence electrons. The summed E-state index contributed by atoms with van der Waals surface area (Å²) in [7, 11) is 0. The van der Waals surface area contributed by atoms with E-state index >= 15 is 0 Å². The number of hydrogen-bond acceptors (Lipinski definition) is 4. The van der Waals surface area contributed by atoms with Gasteiger partial charge in [0.1, 0.15) is 5.82 Å². The fourth-order valence-electron chi connectivity index (χ4n) is 4.78. The van der Waals surface area contributed by atoms with E-state index < -0.39 is 35.0 Å². The molecular formula is C28H28F6N4O. The van der Waals surface area contributed by atoms with E-state index in [1.165, 1.54) is 4.90 Å². The quantitative estimate of drug-likeness (QED) is 0.332. The summed E-state index contributed by atoms with van der Waals surface area (Å²) in [5.41, 5.74) is -0.00482. The van der Waals surface area contributed by atoms with Crippen LogP contribution in [0.2, 0.25) is 0 Å². The first-order chi connectivity index (χ1) is 18.1. The van der Waals surface area contributed by atoms with Crippen molar-refractivity contribution in [1.82, 2.24) is 14.9 Å². The topological polar surface area (TPSA) is 49.3 Å². The smallest absolute Gasteiger partial charge is 0.353 e. The van der Waals surface area contributed by atoms with Crippen LogP contribution in [0.5, 0.6) is 0 Å². The first-order valence-corrected chi connectivity index (χ1v) is 12.4. The number of anilines is 1. The predicted molar refractivity (Wildman–Crippen MR) is 136 cm³/mol. The zero-order chi connectivity index (χ0) is 28.7. The molecule has 1 aromatic heterocycles. The van der Waals surface area contributed by atoms with Crippen molar-refractivity contribution in [1.29, 1.82) is 0 Å². The molecule has 0 aliphatic carbocycles. The van der Waals surface area contributed by atoms with E-state index in [-0.39, 0.29) is 25.1 Å². The van der Waals surface area contributed by atoms with Crippen LogP contribution in [0.1, 0.15) is 58.1 Å². The van der Waals surface area contributed by atoms with Crippen molar-refractivity contribution in [2.75, 3.05) is 31.1 Å². The van der Waals surface area contributed by atoms with Gasteiger partial charge in [0.05, 0.1) is 11.1 Å². The number of halogens is 6. The number of carbonyl (C=O) groups excluding carboxylic acids is 1. The summed E-state index contributed by atoms with van der Waals surface area (Å²) in [6, 6.07) is 8.76. The fourth-order valence-corrected chi connectivity index (χ4v) is 4.78. The van der Waals surface area contributed by atoms with Crippen molar-refractivity contribution >= 4 is 11.7 Å². The summed E-state index contributed by atoms with van der Waals surface area (Å²) in [5, 5.41) is 0. The van der Waals surface area contributed by atoms with Gasteiger partial charge in [0.15, 0.2) is 5.82 Å². The van der Waals surface area contributed by atoms with Gasteiger partial charge in [-0.05, 0) is 44.0 Å². The van der Waals surface area contributed by atoms with Crippen LogP contribution >= 0.6 is 0 Å². The Kier molecular flexibility index (Phi) is 7.64. The minimum Gasteiger partial charge on any atom is -0.353 e. The van der Waals surface area contributed by atoms with Gasteiger partial charge in [-0.25, -0.2) is 9.97 Å². The summed E-state index contributed by atoms with van der Waals surface area (Å²) in [6.07, 6.45) is -10.1. The molecule has 1 amide bonds. The molecule has 0 radical (unpaired) electrons. The molecule has 1 aliphatic rings. The van der Waals surface area contributed by atoms with Crippen LogP contribution in [-0.2, 0) is 12.4 Å². The molecule has 1 aliphatic heterocycles. The van der Waals surface area contributed by atoms with Gasteiger partial charge in [0.25, 0.3) is 5.91 Å². The fraction of sp³-hybridized carbons (Fsp3) is 0.393. The Morgan fingerprint density at radius 2 is 1.44 bits per heavy atom. The first-order valence-electron chi connectivity index (χ1n) is 12.4. The van der Waals surface area contributed by atoms with E-state index in [1.54, 1.807) is 0 Å². The SMILES string of the molecule is Cc1cccc(-c2nc(C)c(C(C)C)c(N3CCN(C(=O)c4cc(C(F)(F)F)cc(C(F)(F)F)c4)CC3)n2)c1. The van der Waals surface area contributed by atoms with Crippen LogP contribution in [0.3, 0.4) is 0 Å². The van der Waals surface area contributed by atoms with Gasteiger partial charge in [-0.15, -0.1) is 0 Å². The Balaban J connectivity index is 1.61. The van der Waals surface area contributed by atoms with Gasteiger partial charge in [0, 0.05) is 48.6 Å². The molecule has 2 aromatic carbocycles. The maximum atomic E-state index is 13.3. The minimum absolute atomic E-state index is 0.0193. The summed E-state index contributed by atoms with van der Waals surface area (Å²) in [4.78, 5) is 25.9. The van der Waals surface area contributed by atoms with Crippen LogP contribution in [0.25, 0.3) is 11.4 Å². The lowest BCUT2D eigenvalue weighted by Crippen LogP contribution is -2.49. The van der Waals surface area contributed by atoms with Crippen LogP contribution in [0.15, 0.2) is 42.5 Å². The molecule has 1 fully saturated rings. The number of alkyl halides is 6. The number of amides is 1. The largest absolute Gasteiger partial charge is 0.416 e. The second-order valence-corrected chi connectivity index (χ2v) is 9.97. The lowest BCUT2D eigenvalue weighted by Gasteiger charge is -2.37. The third-order valence-corrected chi connectivity index (χ3v) is 6.67. The van der Waals surface area contributed by atoms with E-state index in [0.29, 0.717) is 36.9 Å². The maximum Gasteiger partial charge on any atom is 0.416 e. The van der Waals surface area contributed by atoms with E-state index in [1.807, 2.05) is 56.9 Å². The molecule has 1 saturated heterocycles. The Bertz CT molecular complexity index is 1340. The van der Waals surface area contributed by atoms with Gasteiger partial charge in [0.2, 0.25) is 0 Å². The van der Waals surface area contributed by atoms with E-state index in [4.69, 9.17) is 9.97 Å². The first kappa shape index (κ1) is 28.4. The number of benzene rings is 2. The average molecular weight is 551 g/mol. The number of rotatable bonds is 4. The predicted octanol–water partition coefficient (Wildman–Crippen LogP) is 6.88. The molecule has 0 unspecified atom stereocenters. The Morgan fingerprint density at radius 1 is 0.846 bits per heavy atom. The molecule has 2 heterocycles. The van der Waals surface area contributed by atoms with Crippen LogP contribution < -0.4 is 4.90 Å². The summed E-state index contributed by atoms with van der Waals surface area (Å²) >= 11 is 0. The Labute approximate surface area is 222 Å². The summed E-state index contributed by atoms with van der Waals surface area (Å²) in [6.45, 7) is 8.75. The summed E-state index contributed by atoms with van der Waals surface area (Å²) < 4.78 is 79.7. The molecule has 0 N–H and O–H groups in total. The molecule has 0 atom stereocenters. The van der Waals surface area contributed by atoms with Crippen molar-refractivity contribution in [3.8, 4) is 11.4 Å². The Morgan fingerprint density at radius 3 is 1.95 bits per heavy atom. The van der Waals surface area contributed by atoms with Crippen LogP contribution in [0, 0.1) is 13.8 Å². The van der Waals surface area contributed by atoms with Crippen molar-refractivity contribution in [3.63, 3.8) is 0 Å². The van der Waals surface area contributed by atoms with Crippen molar-refractivity contribution in [2.45, 2.75) is 46.0 Å². The molecule has 5 nitrogen and oxygen atoms in total. The van der Waals surface area contributed by atoms with Crippen LogP contribution in [-0.4, -0.2) is 47.0 Å². The third kappa shape index (κ3) is 6.17. The van der Waals surface area contributed by atoms with Crippen LogP contribution in [0.4, 0.5) is 32.2 Å². The molecule has 0 saturated carbocycles. The highest BCUT2D eigenvalue weighted by molar-refractivity contribution is 5.95. The van der Waals surface area contributed by atoms with Gasteiger partial charge in [-0.2, -0.15) is 26.3 Å². The molecule has 0 bridgehead atoms. The van der Waals surface area contributed by atoms with E-state index in [0.717, 1.165) is 22.4 Å². The monoisotopic (exact) mass is 550 g/mol. The van der Waals surface area contributed by atoms with Gasteiger partial charge < -0.3 is 9.80 Å². The lowest BCUT2D eigenvalue weighted by molar-refractivity contribution is -0.143. The number of piperazine rings is 1. The number of aryl methyl sites for hydroxylation is 2. The van der Waals surface area contributed by atoms with Crippen molar-refractivity contribution in [2.24, 2.45) is 0 Å². The van der Waals surface area contributed by atoms with Gasteiger partial charge in [-0.1, -0.05) is 37.6 Å². The lowest BCUT2D eigenvalue weighted by atomic mass is 10.0. The molecular weight excluding hydrogens is 522 g/mol. The molecule has 0 spiro atoms. The number of aromatic nitrogens is 2. The highest BCUT2D eigenvalue weighted by Crippen LogP contribution is 2.37. The van der Waals surface area contributed by atoms with E-state index in [9.17, 15) is 31.1 Å². The third-order valence-electron chi connectivity index (χ3n) is 6.67. The zero-order valence-electron chi connectivity index (χ0n) is 21.9. The zero-order valence-corrected chi connectivity index (χ0v) is 21.9. The number of hydrogen-bond donors (Lipinski definition) is 0. The molecule has 11 heteroatoms. The maximum absolute atomic E-state index is 13.3. The standard InChI is InChI=1S/C28H28F6N4O/c1-16(2)23-18(4)35-24(19-7-5-6-17(3)12-19)36-25(23)37-8-10-38(11-9-37)26(39)20-13-21(27(29,30)31)15-22(14-20)28(32,33)34/h5-7,12-16H,8-11H2,1-4H3. The minimum atomic E-state index is -5.03. The van der Waals surface area contributed by atoms with Gasteiger partial charge in [-0.3, -0.25) is 4.79 Å². The average Bonchev–Trinajstić information content (AvgIpc) is 2.86. The molecule has 3 aromatic rings. The van der Waals surface area contributed by atoms with E-state index in [2.05, 4.69) is 0 Å². The van der Waals surface area contributed by atoms with Crippen molar-refractivity contribution < 1.29 is 31.1 Å². The number of carbonyl (C=O) groups is 1. The normalized spacial score (nSPS) is 14.7. The summed E-state index contributed by atoms with van der Waals surface area (Å²) in [5.74, 6) is 0.476. The highest BCUT2D eigenvalue weighted by atomic mass is 19.4. The number of nitrogens with zero attached hydrogens (tertiary/aromatic N) is 4. The second kappa shape index (κ2) is 10.5. The molecule has 4 rings (SSSR count). The molecule has 39 heavy (non-hydrogen) atoms. The second-order valence-electron chi connectivity index (χ2n) is 9.97. The Hall–Kier alpha value is -3.63. The van der Waals surface area contributed by atoms with Gasteiger partial charge >= 0.3 is 12.4 Å². The highest BCUT2D eigenvalue weighted by Gasteiger charge is 2.38.